The Morgan fingerprint density at radius 3 is 2.44 bits per heavy atom. The molecule has 3 aromatic rings. The standard InChI is InChI=1S/C30H29N7O6/c31-27-23(15-21(33-34-27)19-5-1-2-7-24(19)39)36-12-10-35(11-13-36)16-18(38)14-17-4-3-6-20-26(17)30(43)37(29(20)42)22-8-9-25(40)32-28(22)41/h1-7,15,22,39H,8-14,16H2,(H2,31,34)(H,32,40,41). The summed E-state index contributed by atoms with van der Waals surface area (Å²) in [5.74, 6) is -2.10. The lowest BCUT2D eigenvalue weighted by molar-refractivity contribution is -0.136. The van der Waals surface area contributed by atoms with Crippen molar-refractivity contribution < 1.29 is 29.1 Å². The van der Waals surface area contributed by atoms with E-state index in [4.69, 9.17) is 5.73 Å². The minimum atomic E-state index is -1.07. The van der Waals surface area contributed by atoms with Gasteiger partial charge in [0.1, 0.15) is 11.8 Å². The molecule has 220 valence electrons. The number of nitrogens with two attached hydrogens (primary N) is 1. The van der Waals surface area contributed by atoms with Gasteiger partial charge in [0.2, 0.25) is 11.8 Å². The van der Waals surface area contributed by atoms with Crippen molar-refractivity contribution in [2.24, 2.45) is 0 Å². The van der Waals surface area contributed by atoms with E-state index in [1.54, 1.807) is 42.5 Å². The summed E-state index contributed by atoms with van der Waals surface area (Å²) in [6.07, 6.45) is 0.0504. The van der Waals surface area contributed by atoms with Gasteiger partial charge in [-0.2, -0.15) is 0 Å². The van der Waals surface area contributed by atoms with Crippen LogP contribution < -0.4 is 16.0 Å². The van der Waals surface area contributed by atoms with Crippen LogP contribution in [-0.2, 0) is 20.8 Å². The van der Waals surface area contributed by atoms with Crippen molar-refractivity contribution in [3.8, 4) is 17.0 Å². The molecule has 2 fully saturated rings. The van der Waals surface area contributed by atoms with Crippen LogP contribution in [0.2, 0.25) is 0 Å². The first-order valence-electron chi connectivity index (χ1n) is 14.0. The molecule has 2 aromatic carbocycles. The third-order valence-corrected chi connectivity index (χ3v) is 8.04. The van der Waals surface area contributed by atoms with Crippen LogP contribution in [0.5, 0.6) is 5.75 Å². The summed E-state index contributed by atoms with van der Waals surface area (Å²) >= 11 is 0. The summed E-state index contributed by atoms with van der Waals surface area (Å²) in [7, 11) is 0. The molecular weight excluding hydrogens is 554 g/mol. The van der Waals surface area contributed by atoms with E-state index in [0.717, 1.165) is 4.90 Å². The number of anilines is 2. The number of nitrogen functional groups attached to an aromatic ring is 1. The number of fused-ring (bicyclic) bond motifs is 1. The molecule has 1 atom stereocenters. The zero-order valence-electron chi connectivity index (χ0n) is 23.2. The lowest BCUT2D eigenvalue weighted by atomic mass is 9.98. The van der Waals surface area contributed by atoms with E-state index >= 15 is 0 Å². The minimum absolute atomic E-state index is 0.0322. The number of phenols is 1. The van der Waals surface area contributed by atoms with Gasteiger partial charge >= 0.3 is 0 Å². The van der Waals surface area contributed by atoms with E-state index in [-0.39, 0.29) is 54.3 Å². The molecule has 3 aliphatic heterocycles. The first kappa shape index (κ1) is 28.0. The summed E-state index contributed by atoms with van der Waals surface area (Å²) in [5, 5.41) is 20.6. The molecule has 1 aromatic heterocycles. The number of para-hydroxylation sites is 1. The van der Waals surface area contributed by atoms with E-state index in [1.165, 1.54) is 6.07 Å². The number of piperidine rings is 1. The fourth-order valence-electron chi connectivity index (χ4n) is 5.86. The Morgan fingerprint density at radius 1 is 0.953 bits per heavy atom. The Bertz CT molecular complexity index is 1670. The smallest absolute Gasteiger partial charge is 0.262 e. The van der Waals surface area contributed by atoms with Crippen molar-refractivity contribution in [2.45, 2.75) is 25.3 Å². The maximum atomic E-state index is 13.3. The molecular formula is C30H29N7O6. The minimum Gasteiger partial charge on any atom is -0.507 e. The average molecular weight is 584 g/mol. The highest BCUT2D eigenvalue weighted by atomic mass is 16.3. The number of imide groups is 2. The van der Waals surface area contributed by atoms with Crippen LogP contribution in [0.3, 0.4) is 0 Å². The maximum absolute atomic E-state index is 13.3. The van der Waals surface area contributed by atoms with Gasteiger partial charge in [0.05, 0.1) is 29.1 Å². The molecule has 0 bridgehead atoms. The van der Waals surface area contributed by atoms with Gasteiger partial charge in [-0.3, -0.25) is 39.1 Å². The number of Topliss-reactive ketones (excluding diaryl/α,β-unsaturated/α-hetero) is 1. The highest BCUT2D eigenvalue weighted by Gasteiger charge is 2.45. The van der Waals surface area contributed by atoms with Crippen molar-refractivity contribution >= 4 is 40.9 Å². The second-order valence-corrected chi connectivity index (χ2v) is 10.8. The summed E-state index contributed by atoms with van der Waals surface area (Å²) in [6.45, 7) is 2.47. The van der Waals surface area contributed by atoms with Gasteiger partial charge in [0.25, 0.3) is 11.8 Å². The van der Waals surface area contributed by atoms with Gasteiger partial charge in [-0.25, -0.2) is 0 Å². The topological polar surface area (TPSA) is 179 Å². The Balaban J connectivity index is 1.10. The Labute approximate surface area is 246 Å². The van der Waals surface area contributed by atoms with Crippen molar-refractivity contribution in [2.75, 3.05) is 43.4 Å². The number of carbonyl (C=O) groups excluding carboxylic acids is 5. The molecule has 0 saturated carbocycles. The number of nitrogens with one attached hydrogen (secondary N) is 1. The number of phenolic OH excluding ortho intramolecular Hbond substituents is 1. The Hall–Kier alpha value is -5.17. The second kappa shape index (κ2) is 11.2. The zero-order valence-corrected chi connectivity index (χ0v) is 23.2. The number of aromatic hydroxyl groups is 1. The number of hydrogen-bond donors (Lipinski definition) is 3. The van der Waals surface area contributed by atoms with Crippen molar-refractivity contribution in [1.29, 1.82) is 0 Å². The third kappa shape index (κ3) is 5.30. The van der Waals surface area contributed by atoms with Gasteiger partial charge in [0.15, 0.2) is 11.6 Å². The summed E-state index contributed by atoms with van der Waals surface area (Å²) in [4.78, 5) is 68.5. The SMILES string of the molecule is Nc1nnc(-c2ccccc2O)cc1N1CCN(CC(=O)Cc2cccc3c2C(=O)N(C2CCC(=O)NC2=O)C3=O)CC1. The van der Waals surface area contributed by atoms with Crippen LogP contribution >= 0.6 is 0 Å². The van der Waals surface area contributed by atoms with Gasteiger partial charge in [-0.1, -0.05) is 24.3 Å². The van der Waals surface area contributed by atoms with E-state index in [0.29, 0.717) is 48.7 Å². The summed E-state index contributed by atoms with van der Waals surface area (Å²) < 4.78 is 0. The monoisotopic (exact) mass is 583 g/mol. The third-order valence-electron chi connectivity index (χ3n) is 8.04. The number of aromatic nitrogens is 2. The average Bonchev–Trinajstić information content (AvgIpc) is 3.24. The van der Waals surface area contributed by atoms with E-state index < -0.39 is 29.7 Å². The number of nitrogens with zero attached hydrogens (tertiary/aromatic N) is 5. The molecule has 4 heterocycles. The van der Waals surface area contributed by atoms with Gasteiger partial charge in [0, 0.05) is 44.6 Å². The summed E-state index contributed by atoms with van der Waals surface area (Å²) in [5.41, 5.74) is 8.60. The fourth-order valence-corrected chi connectivity index (χ4v) is 5.86. The molecule has 6 rings (SSSR count). The van der Waals surface area contributed by atoms with Crippen molar-refractivity contribution in [3.05, 3.63) is 65.2 Å². The molecule has 13 heteroatoms. The second-order valence-electron chi connectivity index (χ2n) is 10.8. The number of hydrogen-bond acceptors (Lipinski definition) is 11. The molecule has 4 amide bonds. The number of ketones is 1. The molecule has 0 spiro atoms. The van der Waals surface area contributed by atoms with Crippen LogP contribution in [-0.4, -0.2) is 93.3 Å². The van der Waals surface area contributed by atoms with E-state index in [2.05, 4.69) is 20.4 Å². The molecule has 4 N–H and O–H groups in total. The van der Waals surface area contributed by atoms with Gasteiger partial charge in [-0.15, -0.1) is 10.2 Å². The van der Waals surface area contributed by atoms with Crippen LogP contribution in [0.1, 0.15) is 39.1 Å². The maximum Gasteiger partial charge on any atom is 0.262 e. The van der Waals surface area contributed by atoms with E-state index in [1.807, 2.05) is 4.90 Å². The molecule has 0 aliphatic carbocycles. The van der Waals surface area contributed by atoms with Gasteiger partial charge in [-0.05, 0) is 36.2 Å². The number of benzene rings is 2. The van der Waals surface area contributed by atoms with Crippen LogP contribution in [0.25, 0.3) is 11.3 Å². The van der Waals surface area contributed by atoms with Crippen LogP contribution in [0, 0.1) is 0 Å². The molecule has 0 radical (unpaired) electrons. The van der Waals surface area contributed by atoms with Crippen molar-refractivity contribution in [3.63, 3.8) is 0 Å². The first-order valence-corrected chi connectivity index (χ1v) is 14.0. The lowest BCUT2D eigenvalue weighted by Gasteiger charge is -2.36. The predicted molar refractivity (Wildman–Crippen MR) is 154 cm³/mol. The fraction of sp³-hybridized carbons (Fsp3) is 0.300. The quantitative estimate of drug-likeness (QED) is 0.335. The highest BCUT2D eigenvalue weighted by molar-refractivity contribution is 6.24. The normalized spacial score (nSPS) is 19.0. The van der Waals surface area contributed by atoms with Crippen molar-refractivity contribution in [1.82, 2.24) is 25.3 Å². The highest BCUT2D eigenvalue weighted by Crippen LogP contribution is 2.32. The first-order chi connectivity index (χ1) is 20.7. The van der Waals surface area contributed by atoms with Crippen LogP contribution in [0.15, 0.2) is 48.5 Å². The van der Waals surface area contributed by atoms with Crippen LogP contribution in [0.4, 0.5) is 11.5 Å². The Morgan fingerprint density at radius 2 is 1.70 bits per heavy atom. The Kier molecular flexibility index (Phi) is 7.32. The number of amides is 4. The number of piperazine rings is 1. The molecule has 1 unspecified atom stereocenters. The summed E-state index contributed by atoms with van der Waals surface area (Å²) in [6, 6.07) is 12.4. The lowest BCUT2D eigenvalue weighted by Crippen LogP contribution is -2.54. The molecule has 13 nitrogen and oxygen atoms in total. The molecule has 2 saturated heterocycles. The molecule has 43 heavy (non-hydrogen) atoms. The zero-order chi connectivity index (χ0) is 30.2. The number of rotatable bonds is 7. The largest absolute Gasteiger partial charge is 0.507 e. The predicted octanol–water partition coefficient (Wildman–Crippen LogP) is 0.766. The van der Waals surface area contributed by atoms with Gasteiger partial charge < -0.3 is 15.7 Å². The van der Waals surface area contributed by atoms with E-state index in [9.17, 15) is 29.1 Å². The molecule has 3 aliphatic rings. The number of carbonyl (C=O) groups is 5.